The summed E-state index contributed by atoms with van der Waals surface area (Å²) in [6.45, 7) is 2.90. The number of nitrogen functional groups attached to an aromatic ring is 1. The molecular weight excluding hydrogens is 426 g/mol. The Kier molecular flexibility index (Phi) is 5.60. The lowest BCUT2D eigenvalue weighted by atomic mass is 10.2. The minimum atomic E-state index is -3.96. The first-order valence-corrected chi connectivity index (χ1v) is 10.9. The van der Waals surface area contributed by atoms with Crippen LogP contribution in [0.2, 0.25) is 0 Å². The number of ether oxygens (including phenoxy) is 2. The highest BCUT2D eigenvalue weighted by Crippen LogP contribution is 2.34. The molecule has 2 N–H and O–H groups in total. The average Bonchev–Trinajstić information content (AvgIpc) is 3.31. The predicted octanol–water partition coefficient (Wildman–Crippen LogP) is 1.34. The lowest BCUT2D eigenvalue weighted by Crippen LogP contribution is -2.24. The molecule has 4 rings (SSSR count). The predicted molar refractivity (Wildman–Crippen MR) is 108 cm³/mol. The molecule has 3 heterocycles. The Labute approximate surface area is 178 Å². The van der Waals surface area contributed by atoms with E-state index in [4.69, 9.17) is 19.4 Å². The van der Waals surface area contributed by atoms with Crippen molar-refractivity contribution in [1.29, 1.82) is 0 Å². The van der Waals surface area contributed by atoms with Crippen molar-refractivity contribution in [1.82, 2.24) is 19.5 Å². The SMILES string of the molecule is CC(=O)OC1CC(COS(=O)(=O)c2ccc(C)cc2)OC1n1cnc2c(N)ncnc21. The summed E-state index contributed by atoms with van der Waals surface area (Å²) in [7, 11) is -3.96. The van der Waals surface area contributed by atoms with E-state index < -0.39 is 34.5 Å². The quantitative estimate of drug-likeness (QED) is 0.433. The van der Waals surface area contributed by atoms with Crippen molar-refractivity contribution < 1.29 is 26.9 Å². The van der Waals surface area contributed by atoms with Gasteiger partial charge in [0.25, 0.3) is 10.1 Å². The minimum Gasteiger partial charge on any atom is -0.458 e. The van der Waals surface area contributed by atoms with Crippen molar-refractivity contribution in [3.8, 4) is 0 Å². The number of rotatable bonds is 6. The zero-order valence-electron chi connectivity index (χ0n) is 16.8. The van der Waals surface area contributed by atoms with Gasteiger partial charge in [-0.2, -0.15) is 8.42 Å². The van der Waals surface area contributed by atoms with E-state index in [0.717, 1.165) is 5.56 Å². The smallest absolute Gasteiger partial charge is 0.303 e. The summed E-state index contributed by atoms with van der Waals surface area (Å²) in [6, 6.07) is 6.33. The Morgan fingerprint density at radius 1 is 1.26 bits per heavy atom. The van der Waals surface area contributed by atoms with Crippen molar-refractivity contribution in [3.63, 3.8) is 0 Å². The Balaban J connectivity index is 1.53. The zero-order valence-corrected chi connectivity index (χ0v) is 17.7. The fourth-order valence-electron chi connectivity index (χ4n) is 3.38. The van der Waals surface area contributed by atoms with Gasteiger partial charge in [0.05, 0.1) is 23.9 Å². The standard InChI is InChI=1S/C19H21N5O6S/c1-11-3-5-14(6-4-11)31(26,27)28-8-13-7-15(29-12(2)25)19(30-13)24-10-23-16-17(20)21-9-22-18(16)24/h3-6,9-10,13,15,19H,7-8H2,1-2H3,(H2,20,21,22). The van der Waals surface area contributed by atoms with Gasteiger partial charge < -0.3 is 15.2 Å². The topological polar surface area (TPSA) is 149 Å². The second-order valence-electron chi connectivity index (χ2n) is 7.17. The first kappa shape index (κ1) is 21.2. The van der Waals surface area contributed by atoms with E-state index in [-0.39, 0.29) is 23.7 Å². The van der Waals surface area contributed by atoms with Crippen LogP contribution in [0.4, 0.5) is 5.82 Å². The summed E-state index contributed by atoms with van der Waals surface area (Å²) < 4.78 is 43.1. The van der Waals surface area contributed by atoms with Crippen LogP contribution in [-0.4, -0.2) is 52.7 Å². The molecule has 31 heavy (non-hydrogen) atoms. The van der Waals surface area contributed by atoms with Gasteiger partial charge in [-0.25, -0.2) is 15.0 Å². The Hall–Kier alpha value is -3.09. The molecule has 1 aliphatic heterocycles. The fourth-order valence-corrected chi connectivity index (χ4v) is 4.32. The highest BCUT2D eigenvalue weighted by atomic mass is 32.2. The van der Waals surface area contributed by atoms with Gasteiger partial charge in [-0.15, -0.1) is 0 Å². The molecule has 0 spiro atoms. The molecular formula is C19H21N5O6S. The Morgan fingerprint density at radius 3 is 2.71 bits per heavy atom. The summed E-state index contributed by atoms with van der Waals surface area (Å²) in [5.41, 5.74) is 7.55. The number of hydrogen-bond donors (Lipinski definition) is 1. The third kappa shape index (κ3) is 4.36. The molecule has 11 nitrogen and oxygen atoms in total. The van der Waals surface area contributed by atoms with Crippen LogP contribution in [0.5, 0.6) is 0 Å². The second-order valence-corrected chi connectivity index (χ2v) is 8.78. The summed E-state index contributed by atoms with van der Waals surface area (Å²) in [5, 5.41) is 0. The fraction of sp³-hybridized carbons (Fsp3) is 0.368. The van der Waals surface area contributed by atoms with Gasteiger partial charge in [-0.05, 0) is 19.1 Å². The second kappa shape index (κ2) is 8.21. The van der Waals surface area contributed by atoms with Gasteiger partial charge in [-0.1, -0.05) is 17.7 Å². The zero-order chi connectivity index (χ0) is 22.2. The highest BCUT2D eigenvalue weighted by molar-refractivity contribution is 7.86. The summed E-state index contributed by atoms with van der Waals surface area (Å²) in [6.07, 6.45) is 0.865. The Morgan fingerprint density at radius 2 is 2.00 bits per heavy atom. The normalized spacial score (nSPS) is 21.4. The van der Waals surface area contributed by atoms with E-state index in [0.29, 0.717) is 11.2 Å². The van der Waals surface area contributed by atoms with Crippen LogP contribution in [0, 0.1) is 6.92 Å². The highest BCUT2D eigenvalue weighted by Gasteiger charge is 2.40. The molecule has 3 atom stereocenters. The van der Waals surface area contributed by atoms with Gasteiger partial charge in [0.15, 0.2) is 17.7 Å². The first-order chi connectivity index (χ1) is 14.7. The molecule has 0 saturated carbocycles. The number of carbonyl (C=O) groups excluding carboxylic acids is 1. The van der Waals surface area contributed by atoms with Crippen LogP contribution in [0.1, 0.15) is 25.1 Å². The van der Waals surface area contributed by atoms with Gasteiger partial charge in [0, 0.05) is 13.3 Å². The number of aromatic nitrogens is 4. The molecule has 3 unspecified atom stereocenters. The van der Waals surface area contributed by atoms with E-state index >= 15 is 0 Å². The van der Waals surface area contributed by atoms with Crippen LogP contribution < -0.4 is 5.73 Å². The number of anilines is 1. The monoisotopic (exact) mass is 447 g/mol. The van der Waals surface area contributed by atoms with Crippen LogP contribution in [0.3, 0.4) is 0 Å². The van der Waals surface area contributed by atoms with E-state index in [2.05, 4.69) is 15.0 Å². The van der Waals surface area contributed by atoms with E-state index in [1.54, 1.807) is 16.7 Å². The summed E-state index contributed by atoms with van der Waals surface area (Å²) in [5.74, 6) is -0.291. The number of esters is 1. The van der Waals surface area contributed by atoms with Crippen molar-refractivity contribution >= 4 is 33.1 Å². The number of fused-ring (bicyclic) bond motifs is 1. The molecule has 164 valence electrons. The lowest BCUT2D eigenvalue weighted by molar-refractivity contribution is -0.152. The summed E-state index contributed by atoms with van der Waals surface area (Å²) in [4.78, 5) is 23.9. The van der Waals surface area contributed by atoms with Crippen LogP contribution in [-0.2, 0) is 28.6 Å². The van der Waals surface area contributed by atoms with Crippen molar-refractivity contribution in [2.24, 2.45) is 0 Å². The largest absolute Gasteiger partial charge is 0.458 e. The molecule has 1 saturated heterocycles. The Bertz CT molecular complexity index is 1210. The molecule has 0 aliphatic carbocycles. The lowest BCUT2D eigenvalue weighted by Gasteiger charge is -2.19. The van der Waals surface area contributed by atoms with Crippen LogP contribution in [0.25, 0.3) is 11.2 Å². The molecule has 3 aromatic rings. The number of carbonyl (C=O) groups is 1. The van der Waals surface area contributed by atoms with E-state index in [1.165, 1.54) is 31.7 Å². The number of aryl methyl sites for hydroxylation is 1. The average molecular weight is 447 g/mol. The van der Waals surface area contributed by atoms with E-state index in [1.807, 2.05) is 6.92 Å². The minimum absolute atomic E-state index is 0.0527. The van der Waals surface area contributed by atoms with Crippen LogP contribution in [0.15, 0.2) is 41.8 Å². The molecule has 0 radical (unpaired) electrons. The van der Waals surface area contributed by atoms with Crippen molar-refractivity contribution in [2.75, 3.05) is 12.3 Å². The number of hydrogen-bond acceptors (Lipinski definition) is 10. The van der Waals surface area contributed by atoms with Gasteiger partial charge in [-0.3, -0.25) is 13.5 Å². The van der Waals surface area contributed by atoms with Crippen LogP contribution >= 0.6 is 0 Å². The number of imidazole rings is 1. The van der Waals surface area contributed by atoms with Gasteiger partial charge in [0.2, 0.25) is 0 Å². The van der Waals surface area contributed by atoms with Gasteiger partial charge in [0.1, 0.15) is 17.9 Å². The first-order valence-electron chi connectivity index (χ1n) is 9.46. The molecule has 1 aromatic carbocycles. The summed E-state index contributed by atoms with van der Waals surface area (Å²) >= 11 is 0. The third-order valence-corrected chi connectivity index (χ3v) is 6.14. The third-order valence-electron chi connectivity index (χ3n) is 4.84. The van der Waals surface area contributed by atoms with Crippen molar-refractivity contribution in [2.45, 2.75) is 43.6 Å². The number of nitrogens with zero attached hydrogens (tertiary/aromatic N) is 4. The van der Waals surface area contributed by atoms with Gasteiger partial charge >= 0.3 is 5.97 Å². The molecule has 1 aliphatic rings. The molecule has 1 fully saturated rings. The van der Waals surface area contributed by atoms with E-state index in [9.17, 15) is 13.2 Å². The maximum atomic E-state index is 12.5. The molecule has 12 heteroatoms. The van der Waals surface area contributed by atoms with Crippen molar-refractivity contribution in [3.05, 3.63) is 42.5 Å². The molecule has 2 aromatic heterocycles. The number of benzene rings is 1. The number of nitrogens with two attached hydrogens (primary N) is 1. The maximum Gasteiger partial charge on any atom is 0.303 e. The molecule has 0 amide bonds. The maximum absolute atomic E-state index is 12.5. The molecule has 0 bridgehead atoms.